The zero-order valence-electron chi connectivity index (χ0n) is 17.5. The Balaban J connectivity index is 1.71. The largest absolute Gasteiger partial charge is 0.484 e. The van der Waals surface area contributed by atoms with Crippen molar-refractivity contribution in [3.05, 3.63) is 60.0 Å². The molecule has 2 heterocycles. The molecule has 8 heteroatoms. The highest BCUT2D eigenvalue weighted by Gasteiger charge is 2.22. The highest BCUT2D eigenvalue weighted by Crippen LogP contribution is 2.25. The molecule has 156 valence electrons. The van der Waals surface area contributed by atoms with Gasteiger partial charge in [-0.15, -0.1) is 0 Å². The summed E-state index contributed by atoms with van der Waals surface area (Å²) in [5.74, 6) is 1.05. The molecule has 0 spiro atoms. The van der Waals surface area contributed by atoms with E-state index in [-0.39, 0.29) is 23.7 Å². The molecule has 0 fully saturated rings. The van der Waals surface area contributed by atoms with E-state index in [1.165, 1.54) is 4.68 Å². The molecule has 1 amide bonds. The lowest BCUT2D eigenvalue weighted by Gasteiger charge is -2.13. The van der Waals surface area contributed by atoms with Crippen LogP contribution in [0.1, 0.15) is 50.2 Å². The Morgan fingerprint density at radius 3 is 2.37 bits per heavy atom. The summed E-state index contributed by atoms with van der Waals surface area (Å²) in [7, 11) is 0. The minimum absolute atomic E-state index is 0.0605. The van der Waals surface area contributed by atoms with E-state index in [9.17, 15) is 9.59 Å². The molecule has 0 radical (unpaired) electrons. The number of carbonyl (C=O) groups excluding carboxylic acids is 2. The number of amides is 1. The first kappa shape index (κ1) is 21.2. The highest BCUT2D eigenvalue weighted by atomic mass is 16.5. The predicted octanol–water partition coefficient (Wildman–Crippen LogP) is 3.57. The molecule has 0 aliphatic heterocycles. The number of hydrogen-bond acceptors (Lipinski definition) is 6. The molecule has 2 aromatic heterocycles. The topological polar surface area (TPSA) is 99.0 Å². The van der Waals surface area contributed by atoms with Crippen LogP contribution < -0.4 is 10.1 Å². The molecule has 1 aromatic carbocycles. The third kappa shape index (κ3) is 5.08. The van der Waals surface area contributed by atoms with Gasteiger partial charge < -0.3 is 10.1 Å². The van der Waals surface area contributed by atoms with Crippen LogP contribution in [0.15, 0.2) is 48.8 Å². The molecule has 0 saturated heterocycles. The number of nitrogens with zero attached hydrogens (tertiary/aromatic N) is 4. The van der Waals surface area contributed by atoms with Crippen LogP contribution in [-0.4, -0.2) is 38.0 Å². The van der Waals surface area contributed by atoms with E-state index in [1.54, 1.807) is 48.8 Å². The Labute approximate surface area is 175 Å². The zero-order valence-corrected chi connectivity index (χ0v) is 17.5. The summed E-state index contributed by atoms with van der Waals surface area (Å²) in [6.07, 6.45) is 3.67. The Bertz CT molecular complexity index is 1020. The molecular weight excluding hydrogens is 382 g/mol. The van der Waals surface area contributed by atoms with Crippen LogP contribution in [-0.2, 0) is 10.2 Å². The van der Waals surface area contributed by atoms with Crippen LogP contribution in [0.2, 0.25) is 0 Å². The Hall–Kier alpha value is -3.55. The van der Waals surface area contributed by atoms with Crippen molar-refractivity contribution >= 4 is 17.5 Å². The number of aromatic nitrogens is 4. The fraction of sp³-hybridized carbons (Fsp3) is 0.318. The molecule has 0 atom stereocenters. The van der Waals surface area contributed by atoms with Gasteiger partial charge in [-0.25, -0.2) is 9.97 Å². The van der Waals surface area contributed by atoms with Crippen molar-refractivity contribution in [3.63, 3.8) is 0 Å². The van der Waals surface area contributed by atoms with E-state index in [1.807, 2.05) is 27.7 Å². The number of ketones is 1. The van der Waals surface area contributed by atoms with Crippen LogP contribution in [0, 0.1) is 0 Å². The molecule has 0 aliphatic carbocycles. The van der Waals surface area contributed by atoms with Crippen molar-refractivity contribution < 1.29 is 14.3 Å². The first-order chi connectivity index (χ1) is 14.3. The second-order valence-electron chi connectivity index (χ2n) is 7.76. The molecule has 8 nitrogen and oxygen atoms in total. The summed E-state index contributed by atoms with van der Waals surface area (Å²) in [5.41, 5.74) is 1.20. The molecule has 3 aromatic rings. The number of anilines is 1. The summed E-state index contributed by atoms with van der Waals surface area (Å²) in [6.45, 7) is 7.73. The first-order valence-electron chi connectivity index (χ1n) is 9.72. The molecule has 0 bridgehead atoms. The number of Topliss-reactive ketones (excluding diaryl/α,β-unsaturated/α-hetero) is 1. The van der Waals surface area contributed by atoms with Gasteiger partial charge in [-0.3, -0.25) is 9.59 Å². The summed E-state index contributed by atoms with van der Waals surface area (Å²) in [4.78, 5) is 32.6. The van der Waals surface area contributed by atoms with Gasteiger partial charge in [0.15, 0.2) is 12.4 Å². The Kier molecular flexibility index (Phi) is 6.25. The molecule has 0 aliphatic rings. The number of rotatable bonds is 7. The predicted molar refractivity (Wildman–Crippen MR) is 113 cm³/mol. The van der Waals surface area contributed by atoms with Gasteiger partial charge in [0.2, 0.25) is 0 Å². The average molecular weight is 407 g/mol. The zero-order chi connectivity index (χ0) is 21.7. The molecule has 3 rings (SSSR count). The Morgan fingerprint density at radius 2 is 1.77 bits per heavy atom. The maximum absolute atomic E-state index is 12.5. The van der Waals surface area contributed by atoms with E-state index < -0.39 is 0 Å². The lowest BCUT2D eigenvalue weighted by Crippen LogP contribution is -2.22. The first-order valence-corrected chi connectivity index (χ1v) is 9.72. The second kappa shape index (κ2) is 8.86. The van der Waals surface area contributed by atoms with Gasteiger partial charge >= 0.3 is 0 Å². The van der Waals surface area contributed by atoms with Crippen molar-refractivity contribution in [2.24, 2.45) is 0 Å². The van der Waals surface area contributed by atoms with Crippen LogP contribution in [0.4, 0.5) is 5.82 Å². The quantitative estimate of drug-likeness (QED) is 0.601. The number of hydrogen-bond donors (Lipinski definition) is 1. The smallest absolute Gasteiger partial charge is 0.263 e. The minimum Gasteiger partial charge on any atom is -0.484 e. The average Bonchev–Trinajstić information content (AvgIpc) is 3.17. The third-order valence-electron chi connectivity index (χ3n) is 4.35. The van der Waals surface area contributed by atoms with Crippen molar-refractivity contribution in [1.82, 2.24) is 19.7 Å². The van der Waals surface area contributed by atoms with Crippen molar-refractivity contribution in [2.75, 3.05) is 11.9 Å². The number of nitrogens with one attached hydrogen (secondary N) is 1. The van der Waals surface area contributed by atoms with E-state index in [2.05, 4.69) is 20.4 Å². The van der Waals surface area contributed by atoms with E-state index >= 15 is 0 Å². The maximum Gasteiger partial charge on any atom is 0.263 e. The maximum atomic E-state index is 12.5. The summed E-state index contributed by atoms with van der Waals surface area (Å²) < 4.78 is 7.05. The van der Waals surface area contributed by atoms with Crippen LogP contribution in [0.3, 0.4) is 0 Å². The van der Waals surface area contributed by atoms with Gasteiger partial charge in [-0.1, -0.05) is 27.7 Å². The fourth-order valence-electron chi connectivity index (χ4n) is 2.66. The van der Waals surface area contributed by atoms with Gasteiger partial charge in [0.05, 0.1) is 5.69 Å². The molecule has 1 N–H and O–H groups in total. The van der Waals surface area contributed by atoms with Crippen LogP contribution in [0.5, 0.6) is 5.75 Å². The van der Waals surface area contributed by atoms with E-state index in [0.717, 1.165) is 5.69 Å². The molecule has 30 heavy (non-hydrogen) atoms. The molecule has 0 unspecified atom stereocenters. The van der Waals surface area contributed by atoms with Crippen LogP contribution >= 0.6 is 0 Å². The minimum atomic E-state index is -0.346. The second-order valence-corrected chi connectivity index (χ2v) is 7.76. The summed E-state index contributed by atoms with van der Waals surface area (Å²) >= 11 is 0. The lowest BCUT2D eigenvalue weighted by atomic mass is 9.92. The summed E-state index contributed by atoms with van der Waals surface area (Å²) in [6, 6.07) is 10.3. The standard InChI is InChI=1S/C22H25N5O3/c1-5-17(28)15-7-9-16(10-8-15)30-14-20(29)25-19-13-18(22(2,3)4)26-27(19)21-23-11-6-12-24-21/h6-13H,5,14H2,1-4H3,(H,25,29). The summed E-state index contributed by atoms with van der Waals surface area (Å²) in [5, 5.41) is 7.37. The fourth-order valence-corrected chi connectivity index (χ4v) is 2.66. The normalized spacial score (nSPS) is 11.2. The van der Waals surface area contributed by atoms with E-state index in [4.69, 9.17) is 4.74 Å². The highest BCUT2D eigenvalue weighted by molar-refractivity contribution is 5.96. The van der Waals surface area contributed by atoms with Crippen LogP contribution in [0.25, 0.3) is 5.95 Å². The van der Waals surface area contributed by atoms with Gasteiger partial charge in [0, 0.05) is 35.9 Å². The molecule has 0 saturated carbocycles. The van der Waals surface area contributed by atoms with Crippen molar-refractivity contribution in [2.45, 2.75) is 39.5 Å². The third-order valence-corrected chi connectivity index (χ3v) is 4.35. The van der Waals surface area contributed by atoms with Gasteiger partial charge in [-0.05, 0) is 30.3 Å². The number of benzene rings is 1. The van der Waals surface area contributed by atoms with Crippen molar-refractivity contribution in [3.8, 4) is 11.7 Å². The van der Waals surface area contributed by atoms with Gasteiger partial charge in [0.1, 0.15) is 11.6 Å². The number of carbonyl (C=O) groups is 2. The lowest BCUT2D eigenvalue weighted by molar-refractivity contribution is -0.118. The van der Waals surface area contributed by atoms with Gasteiger partial charge in [-0.2, -0.15) is 9.78 Å². The Morgan fingerprint density at radius 1 is 1.10 bits per heavy atom. The van der Waals surface area contributed by atoms with Crippen molar-refractivity contribution in [1.29, 1.82) is 0 Å². The molecular formula is C22H25N5O3. The van der Waals surface area contributed by atoms with E-state index in [0.29, 0.717) is 29.5 Å². The SMILES string of the molecule is CCC(=O)c1ccc(OCC(=O)Nc2cc(C(C)(C)C)nn2-c2ncccn2)cc1. The number of ether oxygens (including phenoxy) is 1. The monoisotopic (exact) mass is 407 g/mol. The van der Waals surface area contributed by atoms with Gasteiger partial charge in [0.25, 0.3) is 11.9 Å².